The van der Waals surface area contributed by atoms with Gasteiger partial charge < -0.3 is 10.3 Å². The molecule has 1 atom stereocenters. The maximum absolute atomic E-state index is 3.40. The predicted octanol–water partition coefficient (Wildman–Crippen LogP) is 1.81. The zero-order chi connectivity index (χ0) is 7.97. The molecule has 1 fully saturated rings. The maximum atomic E-state index is 3.40. The molecule has 12 heavy (non-hydrogen) atoms. The fourth-order valence-corrected chi connectivity index (χ4v) is 1.56. The van der Waals surface area contributed by atoms with Gasteiger partial charge >= 0.3 is 0 Å². The van der Waals surface area contributed by atoms with E-state index < -0.39 is 0 Å². The Morgan fingerprint density at radius 2 is 2.08 bits per heavy atom. The van der Waals surface area contributed by atoms with Gasteiger partial charge in [-0.05, 0) is 17.5 Å². The summed E-state index contributed by atoms with van der Waals surface area (Å²) in [5.41, 5.74) is 2.55. The minimum Gasteiger partial charge on any atom is -0.357 e. The summed E-state index contributed by atoms with van der Waals surface area (Å²) < 4.78 is 0. The van der Waals surface area contributed by atoms with Crippen LogP contribution in [0.25, 0.3) is 10.9 Å². The van der Waals surface area contributed by atoms with Gasteiger partial charge in [-0.2, -0.15) is 0 Å². The average Bonchev–Trinajstić information content (AvgIpc) is 2.85. The quantitative estimate of drug-likeness (QED) is 0.610. The molecular weight excluding hydrogens is 148 g/mol. The molecule has 2 heteroatoms. The Morgan fingerprint density at radius 3 is 2.83 bits per heavy atom. The fourth-order valence-electron chi connectivity index (χ4n) is 1.56. The first kappa shape index (κ1) is 6.26. The number of aromatic nitrogens is 1. The Kier molecular flexibility index (Phi) is 1.10. The Balaban J connectivity index is 2.23. The van der Waals surface area contributed by atoms with Gasteiger partial charge in [0.2, 0.25) is 0 Å². The van der Waals surface area contributed by atoms with Crippen molar-refractivity contribution < 1.29 is 0 Å². The first-order valence-corrected chi connectivity index (χ1v) is 4.24. The zero-order valence-electron chi connectivity index (χ0n) is 6.67. The summed E-state index contributed by atoms with van der Waals surface area (Å²) in [5.74, 6) is 0. The van der Waals surface area contributed by atoms with E-state index in [9.17, 15) is 0 Å². The van der Waals surface area contributed by atoms with Gasteiger partial charge in [0.1, 0.15) is 0 Å². The van der Waals surface area contributed by atoms with Gasteiger partial charge in [-0.3, -0.25) is 0 Å². The Morgan fingerprint density at radius 1 is 1.25 bits per heavy atom. The van der Waals surface area contributed by atoms with E-state index in [2.05, 4.69) is 40.6 Å². The van der Waals surface area contributed by atoms with E-state index in [4.69, 9.17) is 0 Å². The van der Waals surface area contributed by atoms with E-state index in [0.29, 0.717) is 6.04 Å². The van der Waals surface area contributed by atoms with Crippen molar-refractivity contribution in [3.8, 4) is 0 Å². The summed E-state index contributed by atoms with van der Waals surface area (Å²) in [6.07, 6.45) is 0. The molecule has 0 radical (unpaired) electrons. The van der Waals surface area contributed by atoms with Crippen molar-refractivity contribution in [2.75, 3.05) is 6.54 Å². The monoisotopic (exact) mass is 158 g/mol. The second-order valence-electron chi connectivity index (χ2n) is 3.27. The number of nitrogens with one attached hydrogen (secondary N) is 2. The number of para-hydroxylation sites is 1. The van der Waals surface area contributed by atoms with Crippen molar-refractivity contribution in [3.05, 3.63) is 36.0 Å². The van der Waals surface area contributed by atoms with Gasteiger partial charge in [-0.25, -0.2) is 0 Å². The first-order chi connectivity index (χ1) is 5.93. The highest BCUT2D eigenvalue weighted by Gasteiger charge is 2.23. The molecule has 0 bridgehead atoms. The number of hydrogen-bond acceptors (Lipinski definition) is 1. The normalized spacial score (nSPS) is 21.5. The Hall–Kier alpha value is -1.28. The van der Waals surface area contributed by atoms with Crippen LogP contribution in [0.2, 0.25) is 0 Å². The molecule has 3 rings (SSSR count). The predicted molar refractivity (Wildman–Crippen MR) is 49.0 cm³/mol. The second kappa shape index (κ2) is 2.11. The van der Waals surface area contributed by atoms with E-state index in [0.717, 1.165) is 6.54 Å². The van der Waals surface area contributed by atoms with Gasteiger partial charge in [0.05, 0.1) is 6.04 Å². The molecule has 1 aromatic heterocycles. The molecule has 0 unspecified atom stereocenters. The highest BCUT2D eigenvalue weighted by molar-refractivity contribution is 5.80. The van der Waals surface area contributed by atoms with Crippen molar-refractivity contribution in [2.24, 2.45) is 0 Å². The van der Waals surface area contributed by atoms with Crippen LogP contribution in [0.3, 0.4) is 0 Å². The van der Waals surface area contributed by atoms with Crippen LogP contribution < -0.4 is 5.32 Å². The van der Waals surface area contributed by atoms with E-state index in [-0.39, 0.29) is 0 Å². The highest BCUT2D eigenvalue weighted by Crippen LogP contribution is 2.24. The molecule has 1 aromatic carbocycles. The highest BCUT2D eigenvalue weighted by atomic mass is 15.1. The van der Waals surface area contributed by atoms with Crippen molar-refractivity contribution in [1.82, 2.24) is 10.3 Å². The molecule has 1 aliphatic rings. The lowest BCUT2D eigenvalue weighted by Gasteiger charge is -1.86. The third kappa shape index (κ3) is 0.850. The number of fused-ring (bicyclic) bond motifs is 1. The molecule has 1 saturated heterocycles. The SMILES string of the molecule is c1ccc2[nH]c([C@H]3CN3)cc2c1. The first-order valence-electron chi connectivity index (χ1n) is 4.24. The molecule has 0 amide bonds. The van der Waals surface area contributed by atoms with Gasteiger partial charge in [0.15, 0.2) is 0 Å². The molecular formula is C10H10N2. The number of benzene rings is 1. The molecule has 0 spiro atoms. The average molecular weight is 158 g/mol. The van der Waals surface area contributed by atoms with E-state index in [1.54, 1.807) is 0 Å². The molecule has 2 heterocycles. The summed E-state index contributed by atoms with van der Waals surface area (Å²) in [6, 6.07) is 11.2. The van der Waals surface area contributed by atoms with Crippen molar-refractivity contribution in [1.29, 1.82) is 0 Å². The molecule has 0 aliphatic carbocycles. The molecule has 2 N–H and O–H groups in total. The summed E-state index contributed by atoms with van der Waals surface area (Å²) in [6.45, 7) is 1.12. The smallest absolute Gasteiger partial charge is 0.0600 e. The Labute approximate surface area is 70.6 Å². The van der Waals surface area contributed by atoms with Gasteiger partial charge in [-0.15, -0.1) is 0 Å². The molecule has 2 nitrogen and oxygen atoms in total. The van der Waals surface area contributed by atoms with Crippen LogP contribution >= 0.6 is 0 Å². The van der Waals surface area contributed by atoms with E-state index in [1.165, 1.54) is 16.6 Å². The fraction of sp³-hybridized carbons (Fsp3) is 0.200. The van der Waals surface area contributed by atoms with Crippen molar-refractivity contribution in [2.45, 2.75) is 6.04 Å². The largest absolute Gasteiger partial charge is 0.357 e. The topological polar surface area (TPSA) is 37.7 Å². The second-order valence-corrected chi connectivity index (χ2v) is 3.27. The van der Waals surface area contributed by atoms with Crippen LogP contribution in [0, 0.1) is 0 Å². The van der Waals surface area contributed by atoms with Crippen LogP contribution in [-0.4, -0.2) is 11.5 Å². The van der Waals surface area contributed by atoms with Gasteiger partial charge in [0.25, 0.3) is 0 Å². The van der Waals surface area contributed by atoms with Crippen LogP contribution in [0.5, 0.6) is 0 Å². The summed E-state index contributed by atoms with van der Waals surface area (Å²) >= 11 is 0. The summed E-state index contributed by atoms with van der Waals surface area (Å²) in [4.78, 5) is 3.40. The van der Waals surface area contributed by atoms with Crippen molar-refractivity contribution >= 4 is 10.9 Å². The standard InChI is InChI=1S/C10H10N2/c1-2-4-8-7(3-1)5-9(12-8)10-6-11-10/h1-5,10-12H,6H2/t10-/m1/s1. The van der Waals surface area contributed by atoms with E-state index in [1.807, 2.05) is 0 Å². The number of hydrogen-bond donors (Lipinski definition) is 2. The van der Waals surface area contributed by atoms with Crippen molar-refractivity contribution in [3.63, 3.8) is 0 Å². The lowest BCUT2D eigenvalue weighted by atomic mass is 10.2. The van der Waals surface area contributed by atoms with Crippen LogP contribution in [0.1, 0.15) is 11.7 Å². The van der Waals surface area contributed by atoms with Gasteiger partial charge in [0, 0.05) is 17.8 Å². The lowest BCUT2D eigenvalue weighted by molar-refractivity contribution is 1.02. The number of H-pyrrole nitrogens is 1. The Bertz CT molecular complexity index is 379. The molecule has 2 aromatic rings. The number of rotatable bonds is 1. The zero-order valence-corrected chi connectivity index (χ0v) is 6.67. The van der Waals surface area contributed by atoms with Crippen LogP contribution in [-0.2, 0) is 0 Å². The maximum Gasteiger partial charge on any atom is 0.0600 e. The van der Waals surface area contributed by atoms with E-state index >= 15 is 0 Å². The third-order valence-corrected chi connectivity index (χ3v) is 2.33. The van der Waals surface area contributed by atoms with Crippen LogP contribution in [0.15, 0.2) is 30.3 Å². The molecule has 0 saturated carbocycles. The number of aromatic amines is 1. The summed E-state index contributed by atoms with van der Waals surface area (Å²) in [7, 11) is 0. The molecule has 60 valence electrons. The third-order valence-electron chi connectivity index (χ3n) is 2.33. The lowest BCUT2D eigenvalue weighted by Crippen LogP contribution is -1.81. The summed E-state index contributed by atoms with van der Waals surface area (Å²) in [5, 5.41) is 4.59. The minimum absolute atomic E-state index is 0.581. The molecule has 1 aliphatic heterocycles. The van der Waals surface area contributed by atoms with Crippen LogP contribution in [0.4, 0.5) is 0 Å². The van der Waals surface area contributed by atoms with Gasteiger partial charge in [-0.1, -0.05) is 18.2 Å². The minimum atomic E-state index is 0.581.